The van der Waals surface area contributed by atoms with Crippen LogP contribution in [0.2, 0.25) is 0 Å². The third kappa shape index (κ3) is 5.47. The summed E-state index contributed by atoms with van der Waals surface area (Å²) >= 11 is 15.3. The Labute approximate surface area is 166 Å². The Morgan fingerprint density at radius 3 is 1.18 bits per heavy atom. The average Bonchev–Trinajstić information content (AvgIpc) is 2.59. The van der Waals surface area contributed by atoms with Gasteiger partial charge in [-0.25, -0.2) is 0 Å². The van der Waals surface area contributed by atoms with Gasteiger partial charge in [0, 0.05) is 9.65 Å². The Bertz CT molecular complexity index is 492. The largest absolute Gasteiger partial charge is 0.0875 e. The second-order valence-electron chi connectivity index (χ2n) is 5.23. The maximum Gasteiger partial charge on any atom is 0.0520 e. The fourth-order valence-electron chi connectivity index (χ4n) is 2.30. The highest BCUT2D eigenvalue weighted by molar-refractivity contribution is 9.12. The summed E-state index contributed by atoms with van der Waals surface area (Å²) in [4.78, 5) is 1.48. The van der Waals surface area contributed by atoms with E-state index in [1.54, 1.807) is 0 Å². The molecule has 0 saturated carbocycles. The molecule has 2 aromatic rings. The SMILES string of the molecule is Br[C@H](CC[C@H](Br)[C@@H](Br)c1ccccc1)[C@@H](Br)c1ccccc1. The molecule has 2 aromatic carbocycles. The molecule has 0 N–H and O–H groups in total. The minimum atomic E-state index is 0.332. The van der Waals surface area contributed by atoms with Gasteiger partial charge in [-0.05, 0) is 24.0 Å². The van der Waals surface area contributed by atoms with Crippen molar-refractivity contribution in [3.8, 4) is 0 Å². The van der Waals surface area contributed by atoms with Crippen LogP contribution in [0.1, 0.15) is 33.6 Å². The zero-order valence-electron chi connectivity index (χ0n) is 12.0. The van der Waals surface area contributed by atoms with Gasteiger partial charge in [0.2, 0.25) is 0 Å². The molecule has 0 radical (unpaired) electrons. The Morgan fingerprint density at radius 1 is 0.545 bits per heavy atom. The molecule has 2 rings (SSSR count). The number of halogens is 4. The predicted octanol–water partition coefficient (Wildman–Crippen LogP) is 7.57. The van der Waals surface area contributed by atoms with Crippen molar-refractivity contribution in [2.75, 3.05) is 0 Å². The molecule has 0 amide bonds. The molecule has 0 bridgehead atoms. The monoisotopic (exact) mass is 550 g/mol. The van der Waals surface area contributed by atoms with Crippen LogP contribution in [0.3, 0.4) is 0 Å². The molecule has 0 saturated heterocycles. The molecule has 0 aliphatic heterocycles. The van der Waals surface area contributed by atoms with Crippen LogP contribution in [0.15, 0.2) is 60.7 Å². The van der Waals surface area contributed by atoms with Gasteiger partial charge in [0.15, 0.2) is 0 Å². The summed E-state index contributed by atoms with van der Waals surface area (Å²) < 4.78 is 0. The molecule has 22 heavy (non-hydrogen) atoms. The molecule has 0 spiro atoms. The van der Waals surface area contributed by atoms with E-state index in [1.807, 2.05) is 0 Å². The van der Waals surface area contributed by atoms with Crippen molar-refractivity contribution in [2.24, 2.45) is 0 Å². The van der Waals surface area contributed by atoms with Gasteiger partial charge in [0.05, 0.1) is 9.65 Å². The number of hydrogen-bond donors (Lipinski definition) is 0. The maximum absolute atomic E-state index is 3.83. The minimum absolute atomic E-state index is 0.332. The molecule has 0 aromatic heterocycles. The number of alkyl halides is 4. The van der Waals surface area contributed by atoms with E-state index in [4.69, 9.17) is 0 Å². The van der Waals surface area contributed by atoms with Gasteiger partial charge in [-0.2, -0.15) is 0 Å². The maximum atomic E-state index is 3.83. The fraction of sp³-hybridized carbons (Fsp3) is 0.333. The number of benzene rings is 2. The van der Waals surface area contributed by atoms with Gasteiger partial charge in [-0.15, -0.1) is 0 Å². The van der Waals surface area contributed by atoms with Crippen molar-refractivity contribution in [1.29, 1.82) is 0 Å². The Morgan fingerprint density at radius 2 is 0.864 bits per heavy atom. The highest BCUT2D eigenvalue weighted by Gasteiger charge is 2.22. The van der Waals surface area contributed by atoms with E-state index in [1.165, 1.54) is 11.1 Å². The lowest BCUT2D eigenvalue weighted by Crippen LogP contribution is -2.12. The number of rotatable bonds is 7. The molecule has 0 fully saturated rings. The van der Waals surface area contributed by atoms with Gasteiger partial charge in [-0.3, -0.25) is 0 Å². The summed E-state index contributed by atoms with van der Waals surface area (Å²) in [5, 5.41) is 0. The normalized spacial score (nSPS) is 16.7. The summed E-state index contributed by atoms with van der Waals surface area (Å²) in [6, 6.07) is 21.1. The first-order chi connectivity index (χ1) is 10.6. The van der Waals surface area contributed by atoms with E-state index < -0.39 is 0 Å². The Balaban J connectivity index is 1.86. The van der Waals surface area contributed by atoms with E-state index >= 15 is 0 Å². The summed E-state index contributed by atoms with van der Waals surface area (Å²) in [6.45, 7) is 0. The van der Waals surface area contributed by atoms with Crippen LogP contribution in [0.5, 0.6) is 0 Å². The summed E-state index contributed by atoms with van der Waals surface area (Å²) in [5.74, 6) is 0. The first kappa shape index (κ1) is 18.7. The van der Waals surface area contributed by atoms with Crippen LogP contribution in [0, 0.1) is 0 Å². The molecule has 0 aliphatic rings. The highest BCUT2D eigenvalue weighted by Crippen LogP contribution is 2.38. The fourth-order valence-corrected chi connectivity index (χ4v) is 4.58. The number of hydrogen-bond acceptors (Lipinski definition) is 0. The van der Waals surface area contributed by atoms with Crippen LogP contribution in [-0.4, -0.2) is 9.65 Å². The van der Waals surface area contributed by atoms with Crippen molar-refractivity contribution in [1.82, 2.24) is 0 Å². The summed E-state index contributed by atoms with van der Waals surface area (Å²) in [6.07, 6.45) is 2.19. The van der Waals surface area contributed by atoms with Gasteiger partial charge < -0.3 is 0 Å². The first-order valence-corrected chi connectivity index (χ1v) is 10.9. The van der Waals surface area contributed by atoms with E-state index in [2.05, 4.69) is 124 Å². The topological polar surface area (TPSA) is 0 Å². The smallest absolute Gasteiger partial charge is 0.0520 e. The van der Waals surface area contributed by atoms with Crippen molar-refractivity contribution >= 4 is 63.7 Å². The van der Waals surface area contributed by atoms with E-state index in [9.17, 15) is 0 Å². The third-order valence-corrected chi connectivity index (χ3v) is 9.31. The lowest BCUT2D eigenvalue weighted by molar-refractivity contribution is 0.671. The molecule has 0 nitrogen and oxygen atoms in total. The average molecular weight is 554 g/mol. The van der Waals surface area contributed by atoms with E-state index in [0.29, 0.717) is 19.3 Å². The van der Waals surface area contributed by atoms with Crippen molar-refractivity contribution < 1.29 is 0 Å². The van der Waals surface area contributed by atoms with E-state index in [0.717, 1.165) is 12.8 Å². The zero-order chi connectivity index (χ0) is 15.9. The highest BCUT2D eigenvalue weighted by atomic mass is 79.9. The van der Waals surface area contributed by atoms with Gasteiger partial charge in [0.25, 0.3) is 0 Å². The second-order valence-corrected chi connectivity index (χ2v) is 9.56. The standard InChI is InChI=1S/C18H18Br4/c19-15(17(21)13-7-3-1-4-8-13)11-12-16(20)18(22)14-9-5-2-6-10-14/h1-10,15-18H,11-12H2/t15-,16+,17-,18-/m0/s1. The van der Waals surface area contributed by atoms with Gasteiger partial charge in [-0.1, -0.05) is 124 Å². The zero-order valence-corrected chi connectivity index (χ0v) is 18.4. The van der Waals surface area contributed by atoms with Gasteiger partial charge in [0.1, 0.15) is 0 Å². The molecule has 118 valence electrons. The summed E-state index contributed by atoms with van der Waals surface area (Å²) in [7, 11) is 0. The van der Waals surface area contributed by atoms with Crippen molar-refractivity contribution in [3.05, 3.63) is 71.8 Å². The van der Waals surface area contributed by atoms with Crippen LogP contribution in [-0.2, 0) is 0 Å². The lowest BCUT2D eigenvalue weighted by atomic mass is 10.0. The molecular formula is C18H18Br4. The molecule has 0 heterocycles. The van der Waals surface area contributed by atoms with Crippen LogP contribution in [0.4, 0.5) is 0 Å². The van der Waals surface area contributed by atoms with Crippen LogP contribution >= 0.6 is 63.7 Å². The second kappa shape index (κ2) is 9.61. The minimum Gasteiger partial charge on any atom is -0.0875 e. The Hall–Kier alpha value is 0.360. The van der Waals surface area contributed by atoms with Crippen molar-refractivity contribution in [2.45, 2.75) is 32.2 Å². The molecular weight excluding hydrogens is 536 g/mol. The summed E-state index contributed by atoms with van der Waals surface area (Å²) in [5.41, 5.74) is 2.63. The predicted molar refractivity (Wildman–Crippen MR) is 111 cm³/mol. The van der Waals surface area contributed by atoms with Gasteiger partial charge >= 0.3 is 0 Å². The quantitative estimate of drug-likeness (QED) is 0.310. The molecule has 0 aliphatic carbocycles. The lowest BCUT2D eigenvalue weighted by Gasteiger charge is -2.21. The molecule has 4 heteroatoms. The van der Waals surface area contributed by atoms with Crippen molar-refractivity contribution in [3.63, 3.8) is 0 Å². The Kier molecular flexibility index (Phi) is 8.16. The molecule has 0 unspecified atom stereocenters. The van der Waals surface area contributed by atoms with E-state index in [-0.39, 0.29) is 0 Å². The molecule has 4 atom stereocenters. The van der Waals surface area contributed by atoms with Crippen LogP contribution < -0.4 is 0 Å². The third-order valence-electron chi connectivity index (χ3n) is 3.59. The van der Waals surface area contributed by atoms with Crippen LogP contribution in [0.25, 0.3) is 0 Å². The first-order valence-electron chi connectivity index (χ1n) is 7.25.